The van der Waals surface area contributed by atoms with Crippen molar-refractivity contribution in [1.29, 1.82) is 0 Å². The second kappa shape index (κ2) is 6.82. The lowest BCUT2D eigenvalue weighted by Crippen LogP contribution is -2.06. The second-order valence-corrected chi connectivity index (χ2v) is 5.90. The van der Waals surface area contributed by atoms with Crippen LogP contribution in [-0.4, -0.2) is 19.6 Å². The van der Waals surface area contributed by atoms with Gasteiger partial charge >= 0.3 is 0 Å². The maximum absolute atomic E-state index is 10.9. The van der Waals surface area contributed by atoms with Crippen LogP contribution in [0.15, 0.2) is 48.7 Å². The quantitative estimate of drug-likeness (QED) is 0.531. The molecular weight excluding hydrogens is 344 g/mol. The smallest absolute Gasteiger partial charge is 0.270 e. The average molecular weight is 359 g/mol. The molecule has 0 saturated carbocycles. The normalized spacial score (nSPS) is 10.6. The topological polar surface area (TPSA) is 93.2 Å². The number of rotatable bonds is 5. The molecule has 0 aliphatic rings. The number of benzene rings is 2. The van der Waals surface area contributed by atoms with Gasteiger partial charge in [-0.2, -0.15) is 0 Å². The van der Waals surface area contributed by atoms with Crippen molar-refractivity contribution in [3.8, 4) is 17.0 Å². The van der Waals surface area contributed by atoms with Crippen LogP contribution in [-0.2, 0) is 13.6 Å². The van der Waals surface area contributed by atoms with Crippen molar-refractivity contribution in [2.75, 3.05) is 5.32 Å². The Hall–Kier alpha value is -3.06. The summed E-state index contributed by atoms with van der Waals surface area (Å²) in [6.45, 7) is 0.339. The predicted octanol–water partition coefficient (Wildman–Crippen LogP) is 3.97. The van der Waals surface area contributed by atoms with Gasteiger partial charge in [-0.25, -0.2) is 4.98 Å². The summed E-state index contributed by atoms with van der Waals surface area (Å²) < 4.78 is 1.79. The number of hydrogen-bond donors (Lipinski definition) is 2. The van der Waals surface area contributed by atoms with Gasteiger partial charge in [0.25, 0.3) is 5.69 Å². The molecule has 0 saturated heterocycles. The summed E-state index contributed by atoms with van der Waals surface area (Å²) in [5, 5.41) is 24.4. The third-order valence-corrected chi connectivity index (χ3v) is 4.05. The van der Waals surface area contributed by atoms with Gasteiger partial charge in [0, 0.05) is 41.9 Å². The van der Waals surface area contributed by atoms with E-state index in [0.717, 1.165) is 5.69 Å². The fourth-order valence-corrected chi connectivity index (χ4v) is 2.69. The van der Waals surface area contributed by atoms with Crippen LogP contribution >= 0.6 is 11.6 Å². The van der Waals surface area contributed by atoms with E-state index < -0.39 is 4.92 Å². The summed E-state index contributed by atoms with van der Waals surface area (Å²) in [6, 6.07) is 11.2. The van der Waals surface area contributed by atoms with E-state index in [-0.39, 0.29) is 11.4 Å². The summed E-state index contributed by atoms with van der Waals surface area (Å²) >= 11 is 5.94. The first-order chi connectivity index (χ1) is 12.0. The maximum Gasteiger partial charge on any atom is 0.270 e. The lowest BCUT2D eigenvalue weighted by atomic mass is 10.1. The molecule has 0 atom stereocenters. The number of anilines is 1. The Morgan fingerprint density at radius 2 is 2.12 bits per heavy atom. The van der Waals surface area contributed by atoms with Crippen molar-refractivity contribution >= 4 is 23.2 Å². The lowest BCUT2D eigenvalue weighted by Gasteiger charge is -2.10. The Kier molecular flexibility index (Phi) is 4.58. The number of phenols is 1. The molecule has 128 valence electrons. The van der Waals surface area contributed by atoms with Crippen LogP contribution in [0.1, 0.15) is 5.56 Å². The maximum atomic E-state index is 10.9. The number of phenolic OH excluding ortho intramolecular Hbond substituents is 1. The van der Waals surface area contributed by atoms with E-state index in [9.17, 15) is 15.2 Å². The number of aromatic nitrogens is 2. The molecule has 3 aromatic rings. The van der Waals surface area contributed by atoms with Gasteiger partial charge in [-0.15, -0.1) is 0 Å². The summed E-state index contributed by atoms with van der Waals surface area (Å²) in [7, 11) is 1.81. The number of non-ortho nitro benzene ring substituents is 1. The summed E-state index contributed by atoms with van der Waals surface area (Å²) in [5.41, 5.74) is 2.11. The van der Waals surface area contributed by atoms with Crippen LogP contribution in [0.5, 0.6) is 5.75 Å². The zero-order valence-corrected chi connectivity index (χ0v) is 14.1. The van der Waals surface area contributed by atoms with E-state index in [1.54, 1.807) is 42.1 Å². The molecule has 7 nitrogen and oxygen atoms in total. The van der Waals surface area contributed by atoms with Crippen LogP contribution in [0.25, 0.3) is 11.3 Å². The molecule has 2 N–H and O–H groups in total. The Bertz CT molecular complexity index is 939. The van der Waals surface area contributed by atoms with Gasteiger partial charge in [-0.3, -0.25) is 10.1 Å². The summed E-state index contributed by atoms with van der Waals surface area (Å²) in [5.74, 6) is 0.714. The van der Waals surface area contributed by atoms with E-state index in [1.807, 2.05) is 0 Å². The fraction of sp³-hybridized carbons (Fsp3) is 0.118. The highest BCUT2D eigenvalue weighted by molar-refractivity contribution is 6.30. The fourth-order valence-electron chi connectivity index (χ4n) is 2.49. The van der Waals surface area contributed by atoms with E-state index >= 15 is 0 Å². The van der Waals surface area contributed by atoms with Gasteiger partial charge < -0.3 is 15.0 Å². The molecule has 0 radical (unpaired) electrons. The molecule has 25 heavy (non-hydrogen) atoms. The molecule has 0 bridgehead atoms. The van der Waals surface area contributed by atoms with Crippen LogP contribution in [0.2, 0.25) is 5.02 Å². The number of nitrogens with one attached hydrogen (secondary N) is 1. The van der Waals surface area contributed by atoms with Crippen molar-refractivity contribution in [1.82, 2.24) is 9.55 Å². The standard InChI is InChI=1S/C17H15ClN4O3/c1-21-15(11-3-2-4-14(8-11)22(24)25)10-20-17(21)19-9-12-7-13(18)5-6-16(12)23/h2-8,10,23H,9H2,1H3,(H,19,20). The number of nitrogens with zero attached hydrogens (tertiary/aromatic N) is 3. The molecule has 2 aromatic carbocycles. The molecule has 1 heterocycles. The Morgan fingerprint density at radius 1 is 1.32 bits per heavy atom. The number of imidazole rings is 1. The molecule has 8 heteroatoms. The van der Waals surface area contributed by atoms with Crippen molar-refractivity contribution in [2.24, 2.45) is 7.05 Å². The molecule has 3 rings (SSSR count). The zero-order valence-electron chi connectivity index (χ0n) is 13.3. The molecule has 0 fully saturated rings. The number of nitro groups is 1. The Labute approximate surface area is 148 Å². The van der Waals surface area contributed by atoms with E-state index in [2.05, 4.69) is 10.3 Å². The molecule has 0 spiro atoms. The third kappa shape index (κ3) is 3.56. The molecule has 0 aliphatic heterocycles. The predicted molar refractivity (Wildman–Crippen MR) is 95.7 cm³/mol. The van der Waals surface area contributed by atoms with Gasteiger partial charge in [0.1, 0.15) is 5.75 Å². The lowest BCUT2D eigenvalue weighted by molar-refractivity contribution is -0.384. The first-order valence-corrected chi connectivity index (χ1v) is 7.81. The van der Waals surface area contributed by atoms with Gasteiger partial charge in [0.2, 0.25) is 5.95 Å². The first-order valence-electron chi connectivity index (χ1n) is 7.43. The van der Waals surface area contributed by atoms with Crippen molar-refractivity contribution in [3.63, 3.8) is 0 Å². The molecule has 1 aromatic heterocycles. The number of hydrogen-bond acceptors (Lipinski definition) is 5. The van der Waals surface area contributed by atoms with E-state index in [1.165, 1.54) is 18.2 Å². The molecular formula is C17H15ClN4O3. The minimum atomic E-state index is -0.430. The van der Waals surface area contributed by atoms with Crippen LogP contribution in [0.3, 0.4) is 0 Å². The highest BCUT2D eigenvalue weighted by Gasteiger charge is 2.12. The van der Waals surface area contributed by atoms with E-state index in [0.29, 0.717) is 28.6 Å². The number of halogens is 1. The first kappa shape index (κ1) is 16.8. The van der Waals surface area contributed by atoms with Crippen LogP contribution < -0.4 is 5.32 Å². The van der Waals surface area contributed by atoms with Gasteiger partial charge in [0.05, 0.1) is 16.8 Å². The van der Waals surface area contributed by atoms with Crippen molar-refractivity contribution < 1.29 is 10.0 Å². The average Bonchev–Trinajstić information content (AvgIpc) is 2.96. The monoisotopic (exact) mass is 358 g/mol. The minimum absolute atomic E-state index is 0.0251. The Balaban J connectivity index is 1.83. The molecule has 0 aliphatic carbocycles. The summed E-state index contributed by atoms with van der Waals surface area (Å²) in [6.07, 6.45) is 1.64. The summed E-state index contributed by atoms with van der Waals surface area (Å²) in [4.78, 5) is 14.8. The third-order valence-electron chi connectivity index (χ3n) is 3.82. The highest BCUT2D eigenvalue weighted by Crippen LogP contribution is 2.26. The number of nitro benzene ring substituents is 1. The largest absolute Gasteiger partial charge is 0.508 e. The number of aromatic hydroxyl groups is 1. The van der Waals surface area contributed by atoms with Crippen molar-refractivity contribution in [3.05, 3.63) is 69.4 Å². The highest BCUT2D eigenvalue weighted by atomic mass is 35.5. The Morgan fingerprint density at radius 3 is 2.88 bits per heavy atom. The molecule has 0 amide bonds. The SMILES string of the molecule is Cn1c(-c2cccc([N+](=O)[O-])c2)cnc1NCc1cc(Cl)ccc1O. The van der Waals surface area contributed by atoms with Crippen LogP contribution in [0, 0.1) is 10.1 Å². The zero-order chi connectivity index (χ0) is 18.0. The second-order valence-electron chi connectivity index (χ2n) is 5.46. The van der Waals surface area contributed by atoms with Crippen molar-refractivity contribution in [2.45, 2.75) is 6.54 Å². The van der Waals surface area contributed by atoms with Gasteiger partial charge in [0.15, 0.2) is 0 Å². The van der Waals surface area contributed by atoms with Gasteiger partial charge in [-0.05, 0) is 18.2 Å². The minimum Gasteiger partial charge on any atom is -0.508 e. The van der Waals surface area contributed by atoms with Crippen LogP contribution in [0.4, 0.5) is 11.6 Å². The molecule has 0 unspecified atom stereocenters. The van der Waals surface area contributed by atoms with E-state index in [4.69, 9.17) is 11.6 Å². The van der Waals surface area contributed by atoms with Gasteiger partial charge in [-0.1, -0.05) is 23.7 Å².